The van der Waals surface area contributed by atoms with E-state index in [2.05, 4.69) is 75.6 Å². The van der Waals surface area contributed by atoms with Crippen molar-refractivity contribution in [2.45, 2.75) is 46.2 Å². The van der Waals surface area contributed by atoms with Gasteiger partial charge in [0.15, 0.2) is 5.11 Å². The number of hydrogen-bond donors (Lipinski definition) is 2. The number of benzene rings is 2. The zero-order valence-electron chi connectivity index (χ0n) is 22.8. The average molecular weight is 560 g/mol. The molecule has 0 spiro atoms. The van der Waals surface area contributed by atoms with Crippen LogP contribution in [0.1, 0.15) is 52.8 Å². The minimum atomic E-state index is -3.39. The number of hydrogen-bond acceptors (Lipinski definition) is 4. The zero-order chi connectivity index (χ0) is 27.9. The minimum Gasteiger partial charge on any atom is -0.351 e. The number of thiocarbonyl (C=S) groups is 1. The number of sulfonamides is 1. The smallest absolute Gasteiger partial charge is 0.229 e. The topological polar surface area (TPSA) is 79.3 Å². The summed E-state index contributed by atoms with van der Waals surface area (Å²) in [6.07, 6.45) is 3.95. The molecule has 0 unspecified atom stereocenters. The van der Waals surface area contributed by atoms with Crippen LogP contribution in [0, 0.1) is 20.8 Å². The molecule has 2 atom stereocenters. The van der Waals surface area contributed by atoms with E-state index >= 15 is 0 Å². The molecular weight excluding hydrogens is 526 g/mol. The summed E-state index contributed by atoms with van der Waals surface area (Å²) in [5.41, 5.74) is 8.96. The first-order valence-corrected chi connectivity index (χ1v) is 15.2. The van der Waals surface area contributed by atoms with Gasteiger partial charge in [0.25, 0.3) is 0 Å². The highest BCUT2D eigenvalue weighted by molar-refractivity contribution is 7.92. The maximum Gasteiger partial charge on any atom is 0.229 e. The van der Waals surface area contributed by atoms with E-state index in [4.69, 9.17) is 12.2 Å². The van der Waals surface area contributed by atoms with Crippen LogP contribution in [0.25, 0.3) is 5.69 Å². The lowest BCUT2D eigenvalue weighted by Crippen LogP contribution is -2.29. The SMILES string of the molecule is CCc1ccc(-n2c(C)cc([C@@H]3[C@@H](c4ccccn4)NC(=S)N3c3ccc(NS(C)(=O)=O)c(C)c3)c2C)cc1. The van der Waals surface area contributed by atoms with E-state index in [0.29, 0.717) is 10.8 Å². The number of aromatic nitrogens is 2. The van der Waals surface area contributed by atoms with Crippen molar-refractivity contribution in [3.8, 4) is 5.69 Å². The molecule has 202 valence electrons. The first-order valence-electron chi connectivity index (χ1n) is 12.9. The normalized spacial score (nSPS) is 17.4. The van der Waals surface area contributed by atoms with E-state index in [9.17, 15) is 8.42 Å². The molecule has 1 fully saturated rings. The Morgan fingerprint density at radius 2 is 1.72 bits per heavy atom. The van der Waals surface area contributed by atoms with Crippen molar-refractivity contribution in [3.05, 3.63) is 107 Å². The molecule has 5 rings (SSSR count). The molecule has 0 bridgehead atoms. The summed E-state index contributed by atoms with van der Waals surface area (Å²) in [6, 6.07) is 22.2. The lowest BCUT2D eigenvalue weighted by atomic mass is 9.96. The van der Waals surface area contributed by atoms with Crippen molar-refractivity contribution in [3.63, 3.8) is 0 Å². The molecule has 0 radical (unpaired) electrons. The Bertz CT molecular complexity index is 1630. The van der Waals surface area contributed by atoms with Gasteiger partial charge in [0, 0.05) is 29.0 Å². The summed E-state index contributed by atoms with van der Waals surface area (Å²) in [7, 11) is -3.39. The molecule has 7 nitrogen and oxygen atoms in total. The molecule has 1 aliphatic heterocycles. The second-order valence-corrected chi connectivity index (χ2v) is 12.2. The number of pyridine rings is 1. The van der Waals surface area contributed by atoms with Gasteiger partial charge in [-0.3, -0.25) is 9.71 Å². The molecule has 1 aliphatic rings. The minimum absolute atomic E-state index is 0.171. The van der Waals surface area contributed by atoms with E-state index in [1.54, 1.807) is 12.3 Å². The van der Waals surface area contributed by atoms with Crippen molar-refractivity contribution >= 4 is 38.7 Å². The highest BCUT2D eigenvalue weighted by Crippen LogP contribution is 2.44. The van der Waals surface area contributed by atoms with Gasteiger partial charge in [-0.2, -0.15) is 0 Å². The zero-order valence-corrected chi connectivity index (χ0v) is 24.4. The standard InChI is InChI=1S/C30H33N5O2S2/c1-6-22-10-12-23(13-11-22)34-20(3)18-25(21(34)4)29-28(27-9-7-8-16-31-27)32-30(38)35(29)24-14-15-26(19(2)17-24)33-39(5,36)37/h7-18,28-29,33H,6H2,1-5H3,(H,32,38)/t28-,29-/m1/s1. The summed E-state index contributed by atoms with van der Waals surface area (Å²) >= 11 is 5.91. The Morgan fingerprint density at radius 3 is 2.33 bits per heavy atom. The lowest BCUT2D eigenvalue weighted by Gasteiger charge is -2.29. The molecule has 9 heteroatoms. The molecule has 2 N–H and O–H groups in total. The van der Waals surface area contributed by atoms with Crippen LogP contribution in [0.5, 0.6) is 0 Å². The van der Waals surface area contributed by atoms with E-state index in [-0.39, 0.29) is 12.1 Å². The van der Waals surface area contributed by atoms with Crippen LogP contribution in [0.4, 0.5) is 11.4 Å². The fourth-order valence-corrected chi connectivity index (χ4v) is 6.40. The first kappa shape index (κ1) is 26.9. The van der Waals surface area contributed by atoms with E-state index in [0.717, 1.165) is 52.3 Å². The van der Waals surface area contributed by atoms with Crippen molar-refractivity contribution in [1.29, 1.82) is 0 Å². The van der Waals surface area contributed by atoms with Crippen molar-refractivity contribution < 1.29 is 8.42 Å². The summed E-state index contributed by atoms with van der Waals surface area (Å²) in [5.74, 6) is 0. The molecule has 1 saturated heterocycles. The highest BCUT2D eigenvalue weighted by atomic mass is 32.2. The van der Waals surface area contributed by atoms with Gasteiger partial charge >= 0.3 is 0 Å². The van der Waals surface area contributed by atoms with Gasteiger partial charge in [-0.05, 0) is 105 Å². The summed E-state index contributed by atoms with van der Waals surface area (Å²) in [6.45, 7) is 8.32. The molecule has 2 aromatic carbocycles. The van der Waals surface area contributed by atoms with Gasteiger partial charge in [0.1, 0.15) is 0 Å². The van der Waals surface area contributed by atoms with Gasteiger partial charge in [-0.25, -0.2) is 8.42 Å². The van der Waals surface area contributed by atoms with E-state index in [1.807, 2.05) is 37.3 Å². The fraction of sp³-hybridized carbons (Fsp3) is 0.267. The van der Waals surface area contributed by atoms with Crippen LogP contribution in [0.3, 0.4) is 0 Å². The molecule has 39 heavy (non-hydrogen) atoms. The molecule has 3 heterocycles. The highest BCUT2D eigenvalue weighted by Gasteiger charge is 2.42. The maximum atomic E-state index is 11.8. The van der Waals surface area contributed by atoms with Crippen LogP contribution >= 0.6 is 12.2 Å². The van der Waals surface area contributed by atoms with Crippen molar-refractivity contribution in [1.82, 2.24) is 14.9 Å². The van der Waals surface area contributed by atoms with E-state index in [1.165, 1.54) is 5.56 Å². The summed E-state index contributed by atoms with van der Waals surface area (Å²) in [4.78, 5) is 6.80. The van der Waals surface area contributed by atoms with Crippen molar-refractivity contribution in [2.24, 2.45) is 0 Å². The largest absolute Gasteiger partial charge is 0.351 e. The second kappa shape index (κ2) is 10.5. The Morgan fingerprint density at radius 1 is 1.00 bits per heavy atom. The molecule has 4 aromatic rings. The summed E-state index contributed by atoms with van der Waals surface area (Å²) < 4.78 is 28.6. The quantitative estimate of drug-likeness (QED) is 0.274. The number of aryl methyl sites for hydroxylation is 3. The molecule has 0 saturated carbocycles. The molecule has 0 aliphatic carbocycles. The van der Waals surface area contributed by atoms with E-state index < -0.39 is 10.0 Å². The number of nitrogens with zero attached hydrogens (tertiary/aromatic N) is 3. The van der Waals surface area contributed by atoms with Crippen LogP contribution in [0.2, 0.25) is 0 Å². The van der Waals surface area contributed by atoms with Crippen molar-refractivity contribution in [2.75, 3.05) is 15.9 Å². The monoisotopic (exact) mass is 559 g/mol. The lowest BCUT2D eigenvalue weighted by molar-refractivity contribution is 0.565. The fourth-order valence-electron chi connectivity index (χ4n) is 5.43. The third-order valence-corrected chi connectivity index (χ3v) is 8.18. The van der Waals surface area contributed by atoms with Gasteiger partial charge in [0.05, 0.1) is 29.7 Å². The average Bonchev–Trinajstić information content (AvgIpc) is 3.40. The van der Waals surface area contributed by atoms with Crippen LogP contribution in [-0.2, 0) is 16.4 Å². The predicted molar refractivity (Wildman–Crippen MR) is 162 cm³/mol. The number of anilines is 2. The third-order valence-electron chi connectivity index (χ3n) is 7.27. The van der Waals surface area contributed by atoms with Gasteiger partial charge in [-0.15, -0.1) is 0 Å². The Labute approximate surface area is 235 Å². The van der Waals surface area contributed by atoms with Crippen LogP contribution < -0.4 is 14.9 Å². The Hall–Kier alpha value is -3.69. The Kier molecular flexibility index (Phi) is 7.22. The van der Waals surface area contributed by atoms with Gasteiger partial charge in [0.2, 0.25) is 10.0 Å². The molecular formula is C30H33N5O2S2. The summed E-state index contributed by atoms with van der Waals surface area (Å²) in [5, 5.41) is 4.12. The van der Waals surface area contributed by atoms with Gasteiger partial charge < -0.3 is 14.8 Å². The van der Waals surface area contributed by atoms with Crippen LogP contribution in [0.15, 0.2) is 72.9 Å². The molecule has 0 amide bonds. The first-order chi connectivity index (χ1) is 18.6. The Balaban J connectivity index is 1.63. The number of nitrogens with one attached hydrogen (secondary N) is 2. The van der Waals surface area contributed by atoms with Crippen LogP contribution in [-0.4, -0.2) is 29.3 Å². The maximum absolute atomic E-state index is 11.8. The predicted octanol–water partition coefficient (Wildman–Crippen LogP) is 5.91. The third kappa shape index (κ3) is 5.29. The second-order valence-electron chi connectivity index (χ2n) is 10.1. The van der Waals surface area contributed by atoms with Gasteiger partial charge in [-0.1, -0.05) is 25.1 Å². The number of rotatable bonds is 7. The molecule has 2 aromatic heterocycles.